The molecule has 1 aliphatic rings. The highest BCUT2D eigenvalue weighted by Crippen LogP contribution is 2.43. The van der Waals surface area contributed by atoms with Crippen molar-refractivity contribution >= 4 is 15.9 Å². The van der Waals surface area contributed by atoms with Gasteiger partial charge in [0.2, 0.25) is 0 Å². The van der Waals surface area contributed by atoms with Gasteiger partial charge in [0, 0.05) is 4.47 Å². The van der Waals surface area contributed by atoms with Gasteiger partial charge in [0.25, 0.3) is 0 Å². The monoisotopic (exact) mass is 260 g/mol. The SMILES string of the molecule is OC1c2ccccc2-c2ccc(Br)cc21. The fourth-order valence-corrected chi connectivity index (χ4v) is 2.53. The van der Waals surface area contributed by atoms with Crippen LogP contribution in [0.2, 0.25) is 0 Å². The van der Waals surface area contributed by atoms with Crippen LogP contribution in [0, 0.1) is 0 Å². The second-order valence-electron chi connectivity index (χ2n) is 3.72. The van der Waals surface area contributed by atoms with Crippen molar-refractivity contribution in [1.82, 2.24) is 0 Å². The van der Waals surface area contributed by atoms with E-state index in [9.17, 15) is 5.11 Å². The van der Waals surface area contributed by atoms with E-state index in [1.54, 1.807) is 0 Å². The van der Waals surface area contributed by atoms with E-state index in [1.165, 1.54) is 0 Å². The highest BCUT2D eigenvalue weighted by molar-refractivity contribution is 9.10. The Hall–Kier alpha value is -1.12. The van der Waals surface area contributed by atoms with Gasteiger partial charge in [0.1, 0.15) is 6.10 Å². The summed E-state index contributed by atoms with van der Waals surface area (Å²) in [6, 6.07) is 14.0. The number of hydrogen-bond donors (Lipinski definition) is 1. The lowest BCUT2D eigenvalue weighted by atomic mass is 10.1. The molecular weight excluding hydrogens is 252 g/mol. The highest BCUT2D eigenvalue weighted by Gasteiger charge is 2.26. The molecule has 0 saturated heterocycles. The number of aliphatic hydroxyl groups is 1. The largest absolute Gasteiger partial charge is 0.384 e. The lowest BCUT2D eigenvalue weighted by molar-refractivity contribution is 0.225. The van der Waals surface area contributed by atoms with Gasteiger partial charge in [-0.25, -0.2) is 0 Å². The molecule has 2 heteroatoms. The number of fused-ring (bicyclic) bond motifs is 3. The van der Waals surface area contributed by atoms with Crippen LogP contribution in [-0.2, 0) is 0 Å². The average molecular weight is 261 g/mol. The van der Waals surface area contributed by atoms with E-state index in [2.05, 4.69) is 28.1 Å². The third-order valence-corrected chi connectivity index (χ3v) is 3.35. The maximum Gasteiger partial charge on any atom is 0.105 e. The van der Waals surface area contributed by atoms with E-state index in [0.717, 1.165) is 26.7 Å². The van der Waals surface area contributed by atoms with Gasteiger partial charge in [-0.15, -0.1) is 0 Å². The second-order valence-corrected chi connectivity index (χ2v) is 4.64. The molecular formula is C13H9BrO. The smallest absolute Gasteiger partial charge is 0.105 e. The molecule has 0 heterocycles. The summed E-state index contributed by atoms with van der Waals surface area (Å²) in [5.41, 5.74) is 4.28. The van der Waals surface area contributed by atoms with Crippen molar-refractivity contribution in [1.29, 1.82) is 0 Å². The molecule has 0 spiro atoms. The van der Waals surface area contributed by atoms with Gasteiger partial charge in [0.05, 0.1) is 0 Å². The maximum atomic E-state index is 10.1. The lowest BCUT2D eigenvalue weighted by Gasteiger charge is -2.04. The van der Waals surface area contributed by atoms with Gasteiger partial charge in [0.15, 0.2) is 0 Å². The summed E-state index contributed by atoms with van der Waals surface area (Å²) in [5, 5.41) is 10.1. The number of rotatable bonds is 0. The van der Waals surface area contributed by atoms with E-state index in [4.69, 9.17) is 0 Å². The normalized spacial score (nSPS) is 17.3. The first kappa shape index (κ1) is 9.13. The molecule has 74 valence electrons. The fourth-order valence-electron chi connectivity index (χ4n) is 2.15. The van der Waals surface area contributed by atoms with Crippen molar-refractivity contribution in [2.24, 2.45) is 0 Å². The molecule has 0 amide bonds. The Bertz CT molecular complexity index is 534. The Labute approximate surface area is 96.5 Å². The number of aliphatic hydroxyl groups excluding tert-OH is 1. The van der Waals surface area contributed by atoms with E-state index in [1.807, 2.05) is 30.3 Å². The van der Waals surface area contributed by atoms with Gasteiger partial charge in [-0.3, -0.25) is 0 Å². The van der Waals surface area contributed by atoms with Gasteiger partial charge in [-0.1, -0.05) is 46.3 Å². The maximum absolute atomic E-state index is 10.1. The van der Waals surface area contributed by atoms with Crippen LogP contribution < -0.4 is 0 Å². The summed E-state index contributed by atoms with van der Waals surface area (Å²) in [5.74, 6) is 0. The van der Waals surface area contributed by atoms with Crippen molar-refractivity contribution in [2.75, 3.05) is 0 Å². The van der Waals surface area contributed by atoms with Crippen molar-refractivity contribution in [3.8, 4) is 11.1 Å². The fraction of sp³-hybridized carbons (Fsp3) is 0.0769. The third kappa shape index (κ3) is 1.25. The molecule has 0 radical (unpaired) electrons. The third-order valence-electron chi connectivity index (χ3n) is 2.85. The summed E-state index contributed by atoms with van der Waals surface area (Å²) >= 11 is 3.43. The summed E-state index contributed by atoms with van der Waals surface area (Å²) in [6.45, 7) is 0. The molecule has 15 heavy (non-hydrogen) atoms. The number of hydrogen-bond acceptors (Lipinski definition) is 1. The predicted molar refractivity (Wildman–Crippen MR) is 63.6 cm³/mol. The number of benzene rings is 2. The van der Waals surface area contributed by atoms with Gasteiger partial charge in [-0.2, -0.15) is 0 Å². The molecule has 0 bridgehead atoms. The molecule has 1 N–H and O–H groups in total. The van der Waals surface area contributed by atoms with Crippen LogP contribution in [0.5, 0.6) is 0 Å². The molecule has 1 atom stereocenters. The van der Waals surface area contributed by atoms with Crippen LogP contribution in [0.4, 0.5) is 0 Å². The molecule has 1 aliphatic carbocycles. The lowest BCUT2D eigenvalue weighted by Crippen LogP contribution is -1.92. The Morgan fingerprint density at radius 2 is 1.67 bits per heavy atom. The summed E-state index contributed by atoms with van der Waals surface area (Å²) < 4.78 is 1.01. The Morgan fingerprint density at radius 3 is 2.53 bits per heavy atom. The molecule has 2 aromatic carbocycles. The minimum atomic E-state index is -0.478. The van der Waals surface area contributed by atoms with Crippen molar-refractivity contribution in [2.45, 2.75) is 6.10 Å². The summed E-state index contributed by atoms with van der Waals surface area (Å²) in [4.78, 5) is 0. The zero-order valence-corrected chi connectivity index (χ0v) is 9.53. The van der Waals surface area contributed by atoms with E-state index < -0.39 is 6.10 Å². The average Bonchev–Trinajstić information content (AvgIpc) is 2.54. The molecule has 2 aromatic rings. The quantitative estimate of drug-likeness (QED) is 0.769. The molecule has 1 nitrogen and oxygen atoms in total. The van der Waals surface area contributed by atoms with Crippen LogP contribution in [0.3, 0.4) is 0 Å². The molecule has 0 saturated carbocycles. The van der Waals surface area contributed by atoms with Crippen LogP contribution >= 0.6 is 15.9 Å². The number of halogens is 1. The minimum absolute atomic E-state index is 0.478. The molecule has 1 unspecified atom stereocenters. The van der Waals surface area contributed by atoms with Crippen LogP contribution in [0.25, 0.3) is 11.1 Å². The molecule has 0 aromatic heterocycles. The van der Waals surface area contributed by atoms with E-state index in [-0.39, 0.29) is 0 Å². The minimum Gasteiger partial charge on any atom is -0.384 e. The first-order valence-electron chi connectivity index (χ1n) is 4.84. The van der Waals surface area contributed by atoms with E-state index >= 15 is 0 Å². The Morgan fingerprint density at radius 1 is 0.933 bits per heavy atom. The van der Waals surface area contributed by atoms with Crippen molar-refractivity contribution in [3.05, 3.63) is 58.1 Å². The Balaban J connectivity index is 2.32. The topological polar surface area (TPSA) is 20.2 Å². The summed E-state index contributed by atoms with van der Waals surface area (Å²) in [7, 11) is 0. The van der Waals surface area contributed by atoms with Gasteiger partial charge < -0.3 is 5.11 Å². The van der Waals surface area contributed by atoms with Crippen molar-refractivity contribution in [3.63, 3.8) is 0 Å². The molecule has 3 rings (SSSR count). The standard InChI is InChI=1S/C13H9BrO/c14-8-5-6-10-9-3-1-2-4-11(9)13(15)12(10)7-8/h1-7,13,15H. The predicted octanol–water partition coefficient (Wildman–Crippen LogP) is 3.51. The zero-order valence-electron chi connectivity index (χ0n) is 7.94. The van der Waals surface area contributed by atoms with Crippen LogP contribution in [0.15, 0.2) is 46.9 Å². The molecule has 0 aliphatic heterocycles. The Kier molecular flexibility index (Phi) is 1.94. The second kappa shape index (κ2) is 3.19. The first-order chi connectivity index (χ1) is 7.27. The molecule has 0 fully saturated rings. The highest BCUT2D eigenvalue weighted by atomic mass is 79.9. The zero-order chi connectivity index (χ0) is 10.4. The first-order valence-corrected chi connectivity index (χ1v) is 5.63. The van der Waals surface area contributed by atoms with Gasteiger partial charge >= 0.3 is 0 Å². The van der Waals surface area contributed by atoms with Crippen LogP contribution in [0.1, 0.15) is 17.2 Å². The van der Waals surface area contributed by atoms with Crippen molar-refractivity contribution < 1.29 is 5.11 Å². The van der Waals surface area contributed by atoms with Crippen LogP contribution in [-0.4, -0.2) is 5.11 Å². The summed E-state index contributed by atoms with van der Waals surface area (Å²) in [6.07, 6.45) is -0.478. The van der Waals surface area contributed by atoms with E-state index in [0.29, 0.717) is 0 Å². The van der Waals surface area contributed by atoms with Gasteiger partial charge in [-0.05, 0) is 34.4 Å².